The van der Waals surface area contributed by atoms with E-state index in [0.29, 0.717) is 0 Å². The molecule has 9 heteroatoms. The normalized spacial score (nSPS) is 12.2. The van der Waals surface area contributed by atoms with Gasteiger partial charge < -0.3 is 5.11 Å². The number of aliphatic hydroxyl groups is 1. The lowest BCUT2D eigenvalue weighted by atomic mass is 10.4. The Morgan fingerprint density at radius 3 is 2.17 bits per heavy atom. The average molecular weight is 180 g/mol. The van der Waals surface area contributed by atoms with Crippen molar-refractivity contribution in [1.29, 1.82) is 0 Å². The maximum Gasteiger partial charge on any atom is 0.256 e. The van der Waals surface area contributed by atoms with Crippen molar-refractivity contribution in [1.82, 2.24) is 10.7 Å². The van der Waals surface area contributed by atoms with Gasteiger partial charge in [-0.15, -0.1) is 0 Å². The zero-order chi connectivity index (χ0) is 9.72. The molecular formula is C3H8N4O5. The standard InChI is InChI=1S/C3H8N4O5/c1-2-3(8)4-5(6(9)10)7(11)12/h3-4,8H,2H2,1H3. The van der Waals surface area contributed by atoms with Gasteiger partial charge in [-0.2, -0.15) is 0 Å². The van der Waals surface area contributed by atoms with E-state index in [9.17, 15) is 20.2 Å². The minimum atomic E-state index is -1.30. The predicted molar refractivity (Wildman–Crippen MR) is 35.3 cm³/mol. The van der Waals surface area contributed by atoms with E-state index in [1.54, 1.807) is 5.43 Å². The van der Waals surface area contributed by atoms with Gasteiger partial charge >= 0.3 is 0 Å². The summed E-state index contributed by atoms with van der Waals surface area (Å²) in [7, 11) is 0. The van der Waals surface area contributed by atoms with Crippen molar-refractivity contribution < 1.29 is 15.2 Å². The zero-order valence-electron chi connectivity index (χ0n) is 6.21. The topological polar surface area (TPSA) is 122 Å². The molecule has 0 saturated carbocycles. The lowest BCUT2D eigenvalue weighted by Gasteiger charge is -2.08. The van der Waals surface area contributed by atoms with E-state index in [2.05, 4.69) is 0 Å². The maximum atomic E-state index is 9.91. The van der Waals surface area contributed by atoms with E-state index in [0.717, 1.165) is 0 Å². The minimum Gasteiger partial charge on any atom is -0.377 e. The highest BCUT2D eigenvalue weighted by molar-refractivity contribution is 4.38. The molecule has 0 spiro atoms. The van der Waals surface area contributed by atoms with Crippen LogP contribution < -0.4 is 5.43 Å². The van der Waals surface area contributed by atoms with E-state index < -0.39 is 21.5 Å². The van der Waals surface area contributed by atoms with Gasteiger partial charge in [0.1, 0.15) is 6.23 Å². The van der Waals surface area contributed by atoms with Gasteiger partial charge in [-0.3, -0.25) is 0 Å². The van der Waals surface area contributed by atoms with Crippen LogP contribution in [-0.2, 0) is 0 Å². The largest absolute Gasteiger partial charge is 0.377 e. The molecule has 0 aliphatic rings. The summed E-state index contributed by atoms with van der Waals surface area (Å²) in [6, 6.07) is 0. The summed E-state index contributed by atoms with van der Waals surface area (Å²) in [6.07, 6.45) is -1.18. The molecule has 0 aliphatic heterocycles. The first kappa shape index (κ1) is 10.5. The lowest BCUT2D eigenvalue weighted by molar-refractivity contribution is -0.923. The van der Waals surface area contributed by atoms with Crippen LogP contribution >= 0.6 is 0 Å². The van der Waals surface area contributed by atoms with Crippen molar-refractivity contribution >= 4 is 0 Å². The molecule has 0 aliphatic carbocycles. The lowest BCUT2D eigenvalue weighted by Crippen LogP contribution is -2.51. The van der Waals surface area contributed by atoms with Crippen molar-refractivity contribution in [3.8, 4) is 0 Å². The third-order valence-corrected chi connectivity index (χ3v) is 0.961. The Morgan fingerprint density at radius 1 is 1.50 bits per heavy atom. The molecule has 0 fully saturated rings. The number of hydrazine groups is 3. The summed E-state index contributed by atoms with van der Waals surface area (Å²) >= 11 is 0. The number of rotatable bonds is 5. The number of nitrogens with zero attached hydrogens (tertiary/aromatic N) is 3. The Balaban J connectivity index is 4.14. The molecule has 12 heavy (non-hydrogen) atoms. The van der Waals surface area contributed by atoms with E-state index >= 15 is 0 Å². The van der Waals surface area contributed by atoms with Gasteiger partial charge in [-0.05, 0) is 6.42 Å². The summed E-state index contributed by atoms with van der Waals surface area (Å²) in [4.78, 5) is 19.8. The van der Waals surface area contributed by atoms with Gasteiger partial charge in [0.2, 0.25) is 10.1 Å². The van der Waals surface area contributed by atoms with E-state index in [4.69, 9.17) is 5.11 Å². The SMILES string of the molecule is CCC(O)NN([N+](=O)[O-])[N+](=O)[O-]. The second kappa shape index (κ2) is 4.41. The first-order chi connectivity index (χ1) is 5.49. The summed E-state index contributed by atoms with van der Waals surface area (Å²) in [5, 5.41) is 25.5. The Kier molecular flexibility index (Phi) is 3.86. The first-order valence-electron chi connectivity index (χ1n) is 3.02. The molecule has 9 nitrogen and oxygen atoms in total. The van der Waals surface area contributed by atoms with Gasteiger partial charge in [0.25, 0.3) is 5.23 Å². The molecular weight excluding hydrogens is 172 g/mol. The monoisotopic (exact) mass is 180 g/mol. The van der Waals surface area contributed by atoms with Crippen LogP contribution in [0.5, 0.6) is 0 Å². The number of nitrogens with one attached hydrogen (secondary N) is 1. The number of hydrogen-bond acceptors (Lipinski definition) is 6. The van der Waals surface area contributed by atoms with Crippen LogP contribution in [0.1, 0.15) is 13.3 Å². The van der Waals surface area contributed by atoms with Gasteiger partial charge in [-0.25, -0.2) is 20.2 Å². The van der Waals surface area contributed by atoms with Gasteiger partial charge in [0, 0.05) is 0 Å². The third kappa shape index (κ3) is 3.07. The van der Waals surface area contributed by atoms with Crippen molar-refractivity contribution in [3.63, 3.8) is 0 Å². The quantitative estimate of drug-likeness (QED) is 0.313. The molecule has 70 valence electrons. The maximum absolute atomic E-state index is 9.91. The molecule has 0 aromatic carbocycles. The van der Waals surface area contributed by atoms with Crippen LogP contribution in [0.15, 0.2) is 0 Å². The van der Waals surface area contributed by atoms with E-state index in [1.165, 1.54) is 6.92 Å². The fraction of sp³-hybridized carbons (Fsp3) is 1.00. The highest BCUT2D eigenvalue weighted by Crippen LogP contribution is 1.89. The van der Waals surface area contributed by atoms with Gasteiger partial charge in [0.05, 0.1) is 0 Å². The molecule has 0 rings (SSSR count). The van der Waals surface area contributed by atoms with E-state index in [1.807, 2.05) is 0 Å². The smallest absolute Gasteiger partial charge is 0.256 e. The first-order valence-corrected chi connectivity index (χ1v) is 3.02. The van der Waals surface area contributed by atoms with Gasteiger partial charge in [-0.1, -0.05) is 12.3 Å². The number of nitro groups is 2. The fourth-order valence-electron chi connectivity index (χ4n) is 0.378. The minimum absolute atomic E-state index is 0.123. The van der Waals surface area contributed by atoms with E-state index in [-0.39, 0.29) is 6.42 Å². The average Bonchev–Trinajstić information content (AvgIpc) is 1.98. The summed E-state index contributed by atoms with van der Waals surface area (Å²) in [5.41, 5.74) is 1.66. The van der Waals surface area contributed by atoms with Crippen LogP contribution in [0.2, 0.25) is 0 Å². The van der Waals surface area contributed by atoms with Crippen LogP contribution in [0.25, 0.3) is 0 Å². The summed E-state index contributed by atoms with van der Waals surface area (Å²) in [6.45, 7) is 1.51. The molecule has 2 N–H and O–H groups in total. The van der Waals surface area contributed by atoms with Crippen LogP contribution in [0.4, 0.5) is 0 Å². The van der Waals surface area contributed by atoms with Crippen LogP contribution in [-0.4, -0.2) is 26.6 Å². The number of hydrogen-bond donors (Lipinski definition) is 2. The molecule has 1 atom stereocenters. The molecule has 0 amide bonds. The van der Waals surface area contributed by atoms with Crippen LogP contribution in [0.3, 0.4) is 0 Å². The molecule has 0 bridgehead atoms. The number of aliphatic hydroxyl groups excluding tert-OH is 1. The van der Waals surface area contributed by atoms with Crippen molar-refractivity contribution in [2.45, 2.75) is 19.6 Å². The highest BCUT2D eigenvalue weighted by Gasteiger charge is 2.29. The molecule has 0 radical (unpaired) electrons. The second-order valence-corrected chi connectivity index (χ2v) is 1.82. The zero-order valence-corrected chi connectivity index (χ0v) is 6.21. The van der Waals surface area contributed by atoms with Crippen molar-refractivity contribution in [2.75, 3.05) is 0 Å². The molecule has 0 heterocycles. The Labute approximate surface area is 66.8 Å². The molecule has 1 unspecified atom stereocenters. The molecule has 0 saturated heterocycles. The van der Waals surface area contributed by atoms with Crippen molar-refractivity contribution in [2.24, 2.45) is 0 Å². The predicted octanol–water partition coefficient (Wildman–Crippen LogP) is -1.10. The fourth-order valence-corrected chi connectivity index (χ4v) is 0.378. The van der Waals surface area contributed by atoms with Crippen molar-refractivity contribution in [3.05, 3.63) is 20.2 Å². The molecule has 0 aromatic heterocycles. The van der Waals surface area contributed by atoms with Gasteiger partial charge in [0.15, 0.2) is 0 Å². The second-order valence-electron chi connectivity index (χ2n) is 1.82. The Bertz CT molecular complexity index is 170. The highest BCUT2D eigenvalue weighted by atomic mass is 16.8. The third-order valence-electron chi connectivity index (χ3n) is 0.961. The Hall–Kier alpha value is -1.48. The summed E-state index contributed by atoms with van der Waals surface area (Å²) in [5.74, 6) is 0. The summed E-state index contributed by atoms with van der Waals surface area (Å²) < 4.78 is 0. The Morgan fingerprint density at radius 2 is 1.92 bits per heavy atom. The molecule has 0 aromatic rings. The van der Waals surface area contributed by atoms with Crippen LogP contribution in [0, 0.1) is 20.2 Å².